The first-order chi connectivity index (χ1) is 19.2. The maximum Gasteiger partial charge on any atom is 0.322 e. The molecule has 0 aromatic rings. The molecule has 12 heteroatoms. The fraction of sp³-hybridized carbons (Fsp3) is 0.867. The molecule has 0 aliphatic carbocycles. The van der Waals surface area contributed by atoms with Crippen molar-refractivity contribution in [3.63, 3.8) is 0 Å². The van der Waals surface area contributed by atoms with Gasteiger partial charge in [-0.15, -0.1) is 0 Å². The fourth-order valence-corrected chi connectivity index (χ4v) is 4.29. The predicted octanol–water partition coefficient (Wildman–Crippen LogP) is 2.40. The van der Waals surface area contributed by atoms with Gasteiger partial charge in [-0.1, -0.05) is 0 Å². The highest BCUT2D eigenvalue weighted by atomic mass is 16.6. The molecule has 0 saturated carbocycles. The lowest BCUT2D eigenvalue weighted by Crippen LogP contribution is -2.51. The van der Waals surface area contributed by atoms with Crippen molar-refractivity contribution in [1.29, 1.82) is 0 Å². The SMILES string of the molecule is CCOC(=O)CN1CCC(CC(=O)OC(C)(C)C)CNN(CC(=O)OC(C)(C)C)CCN(CC(=O)OC(C)(C)C)CC1. The molecule has 0 radical (unpaired) electrons. The van der Waals surface area contributed by atoms with E-state index in [-0.39, 0.29) is 62.5 Å². The van der Waals surface area contributed by atoms with Crippen LogP contribution in [0.1, 0.15) is 82.1 Å². The van der Waals surface area contributed by atoms with Crippen LogP contribution in [0.15, 0.2) is 0 Å². The number of hydrazine groups is 1. The van der Waals surface area contributed by atoms with E-state index in [9.17, 15) is 19.2 Å². The minimum Gasteiger partial charge on any atom is -0.465 e. The molecule has 0 amide bonds. The summed E-state index contributed by atoms with van der Waals surface area (Å²) < 4.78 is 21.9. The Hall–Kier alpha value is -2.28. The van der Waals surface area contributed by atoms with Crippen LogP contribution in [0.2, 0.25) is 0 Å². The van der Waals surface area contributed by atoms with Crippen LogP contribution in [0.25, 0.3) is 0 Å². The number of hydrogen-bond acceptors (Lipinski definition) is 12. The lowest BCUT2D eigenvalue weighted by molar-refractivity contribution is -0.159. The average molecular weight is 601 g/mol. The summed E-state index contributed by atoms with van der Waals surface area (Å²) in [6, 6.07) is 0. The van der Waals surface area contributed by atoms with Gasteiger partial charge in [0, 0.05) is 39.1 Å². The maximum atomic E-state index is 12.7. The van der Waals surface area contributed by atoms with Crippen LogP contribution >= 0.6 is 0 Å². The van der Waals surface area contributed by atoms with E-state index in [1.165, 1.54) is 0 Å². The van der Waals surface area contributed by atoms with Gasteiger partial charge >= 0.3 is 23.9 Å². The maximum absolute atomic E-state index is 12.7. The Kier molecular flexibility index (Phi) is 15.4. The molecule has 1 heterocycles. The molecule has 1 aliphatic rings. The normalized spacial score (nSPS) is 19.2. The van der Waals surface area contributed by atoms with Crippen LogP contribution in [0.4, 0.5) is 0 Å². The van der Waals surface area contributed by atoms with Gasteiger partial charge in [-0.25, -0.2) is 5.01 Å². The summed E-state index contributed by atoms with van der Waals surface area (Å²) in [6.07, 6.45) is 0.778. The molecule has 0 aromatic heterocycles. The summed E-state index contributed by atoms with van der Waals surface area (Å²) in [4.78, 5) is 54.5. The molecule has 1 saturated heterocycles. The van der Waals surface area contributed by atoms with Crippen LogP contribution in [0, 0.1) is 5.92 Å². The molecular formula is C30H56N4O8. The Balaban J connectivity index is 3.18. The van der Waals surface area contributed by atoms with Gasteiger partial charge in [0.25, 0.3) is 0 Å². The number of rotatable bonds is 9. The second-order valence-corrected chi connectivity index (χ2v) is 13.8. The van der Waals surface area contributed by atoms with Gasteiger partial charge in [0.1, 0.15) is 23.3 Å². The van der Waals surface area contributed by atoms with Gasteiger partial charge < -0.3 is 18.9 Å². The van der Waals surface area contributed by atoms with Gasteiger partial charge in [-0.2, -0.15) is 0 Å². The molecule has 1 aliphatic heterocycles. The number of nitrogens with zero attached hydrogens (tertiary/aromatic N) is 3. The Morgan fingerprint density at radius 2 is 1.10 bits per heavy atom. The van der Waals surface area contributed by atoms with E-state index in [1.54, 1.807) is 11.9 Å². The molecular weight excluding hydrogens is 544 g/mol. The molecule has 12 nitrogen and oxygen atoms in total. The highest BCUT2D eigenvalue weighted by Gasteiger charge is 2.26. The van der Waals surface area contributed by atoms with Gasteiger partial charge in [-0.05, 0) is 88.1 Å². The minimum absolute atomic E-state index is 0.00825. The first-order valence-corrected chi connectivity index (χ1v) is 15.0. The van der Waals surface area contributed by atoms with Crippen molar-refractivity contribution in [1.82, 2.24) is 20.2 Å². The summed E-state index contributed by atoms with van der Waals surface area (Å²) in [7, 11) is 0. The first-order valence-electron chi connectivity index (χ1n) is 15.0. The summed E-state index contributed by atoms with van der Waals surface area (Å²) in [5.74, 6) is -1.49. The van der Waals surface area contributed by atoms with Crippen LogP contribution in [-0.4, -0.2) is 121 Å². The second-order valence-electron chi connectivity index (χ2n) is 13.8. The van der Waals surface area contributed by atoms with Gasteiger partial charge in [0.15, 0.2) is 0 Å². The van der Waals surface area contributed by atoms with Crippen molar-refractivity contribution >= 4 is 23.9 Å². The lowest BCUT2D eigenvalue weighted by Gasteiger charge is -2.33. The Morgan fingerprint density at radius 1 is 0.643 bits per heavy atom. The van der Waals surface area contributed by atoms with E-state index < -0.39 is 16.8 Å². The Bertz CT molecular complexity index is 830. The highest BCUT2D eigenvalue weighted by Crippen LogP contribution is 2.16. The van der Waals surface area contributed by atoms with Crippen molar-refractivity contribution in [2.45, 2.75) is 98.9 Å². The molecule has 0 aromatic carbocycles. The van der Waals surface area contributed by atoms with E-state index in [4.69, 9.17) is 18.9 Å². The van der Waals surface area contributed by atoms with Gasteiger partial charge in [-0.3, -0.25) is 34.4 Å². The van der Waals surface area contributed by atoms with E-state index in [0.29, 0.717) is 45.7 Å². The predicted molar refractivity (Wildman–Crippen MR) is 159 cm³/mol. The summed E-state index contributed by atoms with van der Waals surface area (Å²) >= 11 is 0. The van der Waals surface area contributed by atoms with Crippen molar-refractivity contribution in [3.05, 3.63) is 0 Å². The number of ether oxygens (including phenoxy) is 4. The van der Waals surface area contributed by atoms with E-state index >= 15 is 0 Å². The average Bonchev–Trinajstić information content (AvgIpc) is 2.77. The van der Waals surface area contributed by atoms with E-state index in [1.807, 2.05) is 72.1 Å². The summed E-state index contributed by atoms with van der Waals surface area (Å²) in [5, 5.41) is 1.77. The monoisotopic (exact) mass is 600 g/mol. The molecule has 1 fully saturated rings. The minimum atomic E-state index is -0.631. The second kappa shape index (κ2) is 17.1. The first kappa shape index (κ1) is 37.7. The quantitative estimate of drug-likeness (QED) is 0.308. The third-order valence-corrected chi connectivity index (χ3v) is 5.92. The van der Waals surface area contributed by atoms with E-state index in [2.05, 4.69) is 5.43 Å². The molecule has 42 heavy (non-hydrogen) atoms. The van der Waals surface area contributed by atoms with Gasteiger partial charge in [0.05, 0.1) is 19.7 Å². The molecule has 1 rings (SSSR count). The molecule has 1 atom stereocenters. The number of hydrogen-bond donors (Lipinski definition) is 1. The number of carbonyl (C=O) groups excluding carboxylic acids is 4. The summed E-state index contributed by atoms with van der Waals surface area (Å²) in [5.41, 5.74) is 1.48. The molecule has 1 N–H and O–H groups in total. The largest absolute Gasteiger partial charge is 0.465 e. The van der Waals surface area contributed by atoms with Crippen LogP contribution < -0.4 is 5.43 Å². The van der Waals surface area contributed by atoms with Crippen molar-refractivity contribution < 1.29 is 38.1 Å². The zero-order chi connectivity index (χ0) is 32.1. The Labute approximate surface area is 252 Å². The Morgan fingerprint density at radius 3 is 1.62 bits per heavy atom. The zero-order valence-electron chi connectivity index (χ0n) is 27.7. The topological polar surface area (TPSA) is 127 Å². The lowest BCUT2D eigenvalue weighted by atomic mass is 10.0. The van der Waals surface area contributed by atoms with Crippen molar-refractivity contribution in [2.75, 3.05) is 65.5 Å². The molecule has 0 spiro atoms. The van der Waals surface area contributed by atoms with Crippen molar-refractivity contribution in [2.24, 2.45) is 5.92 Å². The molecule has 0 bridgehead atoms. The third-order valence-electron chi connectivity index (χ3n) is 5.92. The third kappa shape index (κ3) is 19.0. The summed E-state index contributed by atoms with van der Waals surface area (Å²) in [6.45, 7) is 21.4. The zero-order valence-corrected chi connectivity index (χ0v) is 27.7. The fourth-order valence-electron chi connectivity index (χ4n) is 4.29. The number of nitrogens with one attached hydrogen (secondary N) is 1. The van der Waals surface area contributed by atoms with Crippen LogP contribution in [0.3, 0.4) is 0 Å². The molecule has 1 unspecified atom stereocenters. The van der Waals surface area contributed by atoms with Crippen molar-refractivity contribution in [3.8, 4) is 0 Å². The number of esters is 4. The number of carbonyl (C=O) groups is 4. The smallest absolute Gasteiger partial charge is 0.322 e. The van der Waals surface area contributed by atoms with Gasteiger partial charge in [0.2, 0.25) is 0 Å². The van der Waals surface area contributed by atoms with Crippen LogP contribution in [-0.2, 0) is 38.1 Å². The van der Waals surface area contributed by atoms with Crippen LogP contribution in [0.5, 0.6) is 0 Å². The highest BCUT2D eigenvalue weighted by molar-refractivity contribution is 5.73. The molecule has 244 valence electrons. The standard InChI is InChI=1S/C30H56N4O8/c1-11-39-25(36)20-32-13-12-23(18-24(35)40-28(2,3)4)19-31-34(22-27(38)42-30(8,9)10)17-16-33(15-14-32)21-26(37)41-29(5,6)7/h23,31H,11-22H2,1-10H3. The van der Waals surface area contributed by atoms with E-state index in [0.717, 1.165) is 0 Å².